The molecular weight excluding hydrogens is 266 g/mol. The van der Waals surface area contributed by atoms with Crippen molar-refractivity contribution >= 4 is 10.8 Å². The molecule has 0 unspecified atom stereocenters. The van der Waals surface area contributed by atoms with Gasteiger partial charge in [-0.3, -0.25) is 4.57 Å². The minimum atomic E-state index is 0.692. The van der Waals surface area contributed by atoms with Gasteiger partial charge in [0.1, 0.15) is 11.6 Å². The van der Waals surface area contributed by atoms with Gasteiger partial charge < -0.3 is 9.47 Å². The summed E-state index contributed by atoms with van der Waals surface area (Å²) < 4.78 is 12.8. The maximum Gasteiger partial charge on any atom is 0.161 e. The molecule has 0 radical (unpaired) electrons. The van der Waals surface area contributed by atoms with Crippen molar-refractivity contribution in [1.82, 2.24) is 14.5 Å². The first-order valence-corrected chi connectivity index (χ1v) is 6.81. The van der Waals surface area contributed by atoms with Crippen molar-refractivity contribution in [3.05, 3.63) is 42.6 Å². The van der Waals surface area contributed by atoms with Gasteiger partial charge in [0.15, 0.2) is 11.5 Å². The summed E-state index contributed by atoms with van der Waals surface area (Å²) in [6.07, 6.45) is 6.36. The molecule has 0 aliphatic rings. The monoisotopic (exact) mass is 283 g/mol. The Balaban J connectivity index is 2.29. The Morgan fingerprint density at radius 2 is 1.81 bits per heavy atom. The lowest BCUT2D eigenvalue weighted by Gasteiger charge is -2.12. The molecule has 0 fully saturated rings. The van der Waals surface area contributed by atoms with Gasteiger partial charge in [-0.1, -0.05) is 6.92 Å². The van der Waals surface area contributed by atoms with Crippen molar-refractivity contribution < 1.29 is 9.47 Å². The predicted octanol–water partition coefficient (Wildman–Crippen LogP) is 3.00. The first-order valence-electron chi connectivity index (χ1n) is 6.81. The van der Waals surface area contributed by atoms with Crippen molar-refractivity contribution in [3.8, 4) is 17.3 Å². The van der Waals surface area contributed by atoms with Crippen LogP contribution in [-0.4, -0.2) is 28.8 Å². The minimum Gasteiger partial charge on any atom is -0.493 e. The summed E-state index contributed by atoms with van der Waals surface area (Å²) in [6.45, 7) is 2.08. The van der Waals surface area contributed by atoms with Gasteiger partial charge in [0.2, 0.25) is 0 Å². The van der Waals surface area contributed by atoms with E-state index < -0.39 is 0 Å². The number of imidazole rings is 1. The molecule has 0 N–H and O–H groups in total. The second-order valence-corrected chi connectivity index (χ2v) is 4.63. The maximum absolute atomic E-state index is 5.40. The average molecular weight is 283 g/mol. The largest absolute Gasteiger partial charge is 0.493 e. The lowest BCUT2D eigenvalue weighted by Crippen LogP contribution is -2.02. The molecule has 3 aromatic rings. The fourth-order valence-electron chi connectivity index (χ4n) is 2.46. The fraction of sp³-hybridized carbons (Fsp3) is 0.250. The molecule has 5 heteroatoms. The molecule has 0 aliphatic heterocycles. The van der Waals surface area contributed by atoms with Crippen molar-refractivity contribution in [1.29, 1.82) is 0 Å². The molecular formula is C16H17N3O2. The van der Waals surface area contributed by atoms with Crippen LogP contribution in [0.15, 0.2) is 36.8 Å². The molecule has 108 valence electrons. The minimum absolute atomic E-state index is 0.692. The molecule has 0 atom stereocenters. The number of aryl methyl sites for hydroxylation is 1. The van der Waals surface area contributed by atoms with Crippen molar-refractivity contribution in [2.24, 2.45) is 0 Å². The topological polar surface area (TPSA) is 49.2 Å². The van der Waals surface area contributed by atoms with Gasteiger partial charge >= 0.3 is 0 Å². The summed E-state index contributed by atoms with van der Waals surface area (Å²) in [5.41, 5.74) is 0. The fourth-order valence-corrected chi connectivity index (χ4v) is 2.46. The van der Waals surface area contributed by atoms with Crippen molar-refractivity contribution in [3.63, 3.8) is 0 Å². The van der Waals surface area contributed by atoms with Gasteiger partial charge in [-0.15, -0.1) is 0 Å². The van der Waals surface area contributed by atoms with Gasteiger partial charge in [-0.2, -0.15) is 0 Å². The number of nitrogens with zero attached hydrogens (tertiary/aromatic N) is 3. The Hall–Kier alpha value is -2.56. The summed E-state index contributed by atoms with van der Waals surface area (Å²) in [6, 6.07) is 5.88. The van der Waals surface area contributed by atoms with Gasteiger partial charge in [-0.25, -0.2) is 9.97 Å². The molecule has 2 aromatic heterocycles. The SMILES string of the molecule is CCc1nccn1-c1nccc2cc(OC)c(OC)cc12. The van der Waals surface area contributed by atoms with Crippen LogP contribution >= 0.6 is 0 Å². The second kappa shape index (κ2) is 5.44. The zero-order valence-corrected chi connectivity index (χ0v) is 12.3. The molecule has 0 bridgehead atoms. The van der Waals surface area contributed by atoms with E-state index in [1.54, 1.807) is 26.6 Å². The van der Waals surface area contributed by atoms with E-state index in [2.05, 4.69) is 16.9 Å². The Bertz CT molecular complexity index is 780. The van der Waals surface area contributed by atoms with Crippen LogP contribution in [-0.2, 0) is 6.42 Å². The van der Waals surface area contributed by atoms with Crippen LogP contribution in [0.3, 0.4) is 0 Å². The van der Waals surface area contributed by atoms with Crippen LogP contribution in [0, 0.1) is 0 Å². The Morgan fingerprint density at radius 1 is 1.05 bits per heavy atom. The first-order chi connectivity index (χ1) is 10.3. The van der Waals surface area contributed by atoms with Gasteiger partial charge in [0, 0.05) is 30.4 Å². The molecule has 0 saturated carbocycles. The third-order valence-electron chi connectivity index (χ3n) is 3.51. The van der Waals surface area contributed by atoms with E-state index in [1.807, 2.05) is 29.0 Å². The summed E-state index contributed by atoms with van der Waals surface area (Å²) >= 11 is 0. The summed E-state index contributed by atoms with van der Waals surface area (Å²) in [5, 5.41) is 2.05. The van der Waals surface area contributed by atoms with E-state index in [4.69, 9.17) is 9.47 Å². The van der Waals surface area contributed by atoms with Crippen LogP contribution in [0.5, 0.6) is 11.5 Å². The number of fused-ring (bicyclic) bond motifs is 1. The summed E-state index contributed by atoms with van der Waals surface area (Å²) in [7, 11) is 3.27. The third kappa shape index (κ3) is 2.20. The van der Waals surface area contributed by atoms with E-state index in [1.165, 1.54) is 0 Å². The van der Waals surface area contributed by atoms with Crippen molar-refractivity contribution in [2.45, 2.75) is 13.3 Å². The molecule has 3 rings (SSSR count). The Kier molecular flexibility index (Phi) is 3.48. The van der Waals surface area contributed by atoms with E-state index in [0.717, 1.165) is 28.8 Å². The zero-order chi connectivity index (χ0) is 14.8. The number of hydrogen-bond acceptors (Lipinski definition) is 4. The molecule has 21 heavy (non-hydrogen) atoms. The average Bonchev–Trinajstić information content (AvgIpc) is 3.01. The molecule has 0 spiro atoms. The number of methoxy groups -OCH3 is 2. The maximum atomic E-state index is 5.40. The zero-order valence-electron chi connectivity index (χ0n) is 12.3. The Labute approximate surface area is 123 Å². The second-order valence-electron chi connectivity index (χ2n) is 4.63. The highest BCUT2D eigenvalue weighted by Crippen LogP contribution is 2.34. The highest BCUT2D eigenvalue weighted by atomic mass is 16.5. The molecule has 0 amide bonds. The van der Waals surface area contributed by atoms with E-state index in [9.17, 15) is 0 Å². The third-order valence-corrected chi connectivity index (χ3v) is 3.51. The van der Waals surface area contributed by atoms with Crippen molar-refractivity contribution in [2.75, 3.05) is 14.2 Å². The molecule has 0 aliphatic carbocycles. The van der Waals surface area contributed by atoms with Crippen LogP contribution in [0.1, 0.15) is 12.7 Å². The number of aromatic nitrogens is 3. The van der Waals surface area contributed by atoms with Crippen LogP contribution < -0.4 is 9.47 Å². The number of rotatable bonds is 4. The molecule has 5 nitrogen and oxygen atoms in total. The lowest BCUT2D eigenvalue weighted by molar-refractivity contribution is 0.356. The summed E-state index contributed by atoms with van der Waals surface area (Å²) in [4.78, 5) is 8.88. The van der Waals surface area contributed by atoms with Gasteiger partial charge in [0.05, 0.1) is 14.2 Å². The van der Waals surface area contributed by atoms with Gasteiger partial charge in [-0.05, 0) is 23.6 Å². The highest BCUT2D eigenvalue weighted by molar-refractivity contribution is 5.91. The predicted molar refractivity (Wildman–Crippen MR) is 81.3 cm³/mol. The molecule has 2 heterocycles. The lowest BCUT2D eigenvalue weighted by atomic mass is 10.1. The van der Waals surface area contributed by atoms with Crippen LogP contribution in [0.4, 0.5) is 0 Å². The first kappa shape index (κ1) is 13.4. The highest BCUT2D eigenvalue weighted by Gasteiger charge is 2.12. The van der Waals surface area contributed by atoms with E-state index >= 15 is 0 Å². The standard InChI is InChI=1S/C16H17N3O2/c1-4-15-17-7-8-19(15)16-12-10-14(21-3)13(20-2)9-11(12)5-6-18-16/h5-10H,4H2,1-3H3. The van der Waals surface area contributed by atoms with Crippen LogP contribution in [0.2, 0.25) is 0 Å². The van der Waals surface area contributed by atoms with E-state index in [-0.39, 0.29) is 0 Å². The normalized spacial score (nSPS) is 10.8. The number of pyridine rings is 1. The van der Waals surface area contributed by atoms with Gasteiger partial charge in [0.25, 0.3) is 0 Å². The number of benzene rings is 1. The Morgan fingerprint density at radius 3 is 2.52 bits per heavy atom. The molecule has 0 saturated heterocycles. The summed E-state index contributed by atoms with van der Waals surface area (Å²) in [5.74, 6) is 3.23. The van der Waals surface area contributed by atoms with Crippen LogP contribution in [0.25, 0.3) is 16.6 Å². The smallest absolute Gasteiger partial charge is 0.161 e. The van der Waals surface area contributed by atoms with E-state index in [0.29, 0.717) is 11.5 Å². The quantitative estimate of drug-likeness (QED) is 0.738. The number of ether oxygens (including phenoxy) is 2. The number of hydrogen-bond donors (Lipinski definition) is 0. The molecule has 1 aromatic carbocycles.